The molecule has 3 aromatic rings. The molecule has 24 heavy (non-hydrogen) atoms. The fourth-order valence-corrected chi connectivity index (χ4v) is 2.40. The Hall–Kier alpha value is -2.89. The Balaban J connectivity index is 1.92. The minimum Gasteiger partial charge on any atom is -0.347 e. The third-order valence-corrected chi connectivity index (χ3v) is 3.40. The van der Waals surface area contributed by atoms with Crippen molar-refractivity contribution in [3.8, 4) is 0 Å². The molecule has 0 atom stereocenters. The van der Waals surface area contributed by atoms with Gasteiger partial charge in [0.2, 0.25) is 0 Å². The SMILES string of the molecule is Cc1cccc(Nc2cnc3[nH]cc(C(=O)NC(C)(C)C)c3n2)c1. The maximum atomic E-state index is 12.4. The lowest BCUT2D eigenvalue weighted by molar-refractivity contribution is 0.0921. The Morgan fingerprint density at radius 2 is 2.04 bits per heavy atom. The Labute approximate surface area is 140 Å². The second kappa shape index (κ2) is 5.96. The van der Waals surface area contributed by atoms with Crippen LogP contribution in [-0.2, 0) is 0 Å². The van der Waals surface area contributed by atoms with Gasteiger partial charge in [-0.1, -0.05) is 12.1 Å². The molecule has 0 unspecified atom stereocenters. The standard InChI is InChI=1S/C18H21N5O/c1-11-6-5-7-12(8-11)21-14-10-20-16-15(22-14)13(9-19-16)17(24)23-18(2,3)4/h5-10H,1-4H3,(H,19,20)(H,21,22)(H,23,24). The largest absolute Gasteiger partial charge is 0.347 e. The van der Waals surface area contributed by atoms with Crippen LogP contribution in [0.2, 0.25) is 0 Å². The number of aromatic nitrogens is 3. The summed E-state index contributed by atoms with van der Waals surface area (Å²) in [5.41, 5.74) is 3.39. The van der Waals surface area contributed by atoms with Crippen LogP contribution >= 0.6 is 0 Å². The number of H-pyrrole nitrogens is 1. The molecule has 1 amide bonds. The molecule has 6 nitrogen and oxygen atoms in total. The van der Waals surface area contributed by atoms with E-state index in [9.17, 15) is 4.79 Å². The predicted octanol–water partition coefficient (Wildman–Crippen LogP) is 3.54. The zero-order chi connectivity index (χ0) is 17.3. The van der Waals surface area contributed by atoms with Gasteiger partial charge in [0.05, 0.1) is 11.8 Å². The van der Waals surface area contributed by atoms with Crippen molar-refractivity contribution in [3.63, 3.8) is 0 Å². The quantitative estimate of drug-likeness (QED) is 0.688. The van der Waals surface area contributed by atoms with Crippen LogP contribution in [0.1, 0.15) is 36.7 Å². The van der Waals surface area contributed by atoms with Gasteiger partial charge in [0, 0.05) is 17.4 Å². The number of aromatic amines is 1. The van der Waals surface area contributed by atoms with E-state index in [0.717, 1.165) is 11.3 Å². The average molecular weight is 323 g/mol. The molecule has 0 bridgehead atoms. The fraction of sp³-hybridized carbons (Fsp3) is 0.278. The van der Waals surface area contributed by atoms with Gasteiger partial charge >= 0.3 is 0 Å². The summed E-state index contributed by atoms with van der Waals surface area (Å²) in [4.78, 5) is 24.3. The number of carbonyl (C=O) groups excluding carboxylic acids is 1. The van der Waals surface area contributed by atoms with E-state index < -0.39 is 0 Å². The van der Waals surface area contributed by atoms with E-state index in [1.165, 1.54) is 0 Å². The summed E-state index contributed by atoms with van der Waals surface area (Å²) < 4.78 is 0. The van der Waals surface area contributed by atoms with Crippen molar-refractivity contribution in [2.24, 2.45) is 0 Å². The molecule has 6 heteroatoms. The van der Waals surface area contributed by atoms with Gasteiger partial charge in [0.25, 0.3) is 5.91 Å². The monoisotopic (exact) mass is 323 g/mol. The average Bonchev–Trinajstić information content (AvgIpc) is 2.88. The molecular formula is C18H21N5O. The molecule has 1 aromatic carbocycles. The number of nitrogens with zero attached hydrogens (tertiary/aromatic N) is 2. The number of aryl methyl sites for hydroxylation is 1. The molecule has 0 saturated carbocycles. The topological polar surface area (TPSA) is 82.7 Å². The first-order chi connectivity index (χ1) is 11.3. The second-order valence-electron chi connectivity index (χ2n) is 6.85. The van der Waals surface area contributed by atoms with Crippen molar-refractivity contribution in [1.82, 2.24) is 20.3 Å². The Bertz CT molecular complexity index is 892. The number of nitrogens with one attached hydrogen (secondary N) is 3. The molecule has 0 spiro atoms. The number of hydrogen-bond acceptors (Lipinski definition) is 4. The number of fused-ring (bicyclic) bond motifs is 1. The zero-order valence-electron chi connectivity index (χ0n) is 14.3. The molecule has 0 aliphatic heterocycles. The normalized spacial score (nSPS) is 11.5. The highest BCUT2D eigenvalue weighted by atomic mass is 16.1. The van der Waals surface area contributed by atoms with E-state index in [0.29, 0.717) is 22.5 Å². The lowest BCUT2D eigenvalue weighted by Crippen LogP contribution is -2.40. The summed E-state index contributed by atoms with van der Waals surface area (Å²) >= 11 is 0. The molecule has 0 aliphatic carbocycles. The summed E-state index contributed by atoms with van der Waals surface area (Å²) in [6.07, 6.45) is 3.29. The van der Waals surface area contributed by atoms with E-state index >= 15 is 0 Å². The number of rotatable bonds is 3. The van der Waals surface area contributed by atoms with Crippen molar-refractivity contribution < 1.29 is 4.79 Å². The first-order valence-corrected chi connectivity index (χ1v) is 7.82. The van der Waals surface area contributed by atoms with Crippen molar-refractivity contribution in [2.75, 3.05) is 5.32 Å². The van der Waals surface area contributed by atoms with Crippen molar-refractivity contribution in [1.29, 1.82) is 0 Å². The van der Waals surface area contributed by atoms with Gasteiger partial charge < -0.3 is 15.6 Å². The third-order valence-electron chi connectivity index (χ3n) is 3.40. The summed E-state index contributed by atoms with van der Waals surface area (Å²) in [6, 6.07) is 7.99. The maximum Gasteiger partial charge on any atom is 0.255 e. The van der Waals surface area contributed by atoms with E-state index in [4.69, 9.17) is 0 Å². The summed E-state index contributed by atoms with van der Waals surface area (Å²) in [6.45, 7) is 7.85. The molecule has 124 valence electrons. The van der Waals surface area contributed by atoms with Crippen LogP contribution in [0.5, 0.6) is 0 Å². The number of amides is 1. The van der Waals surface area contributed by atoms with E-state index in [-0.39, 0.29) is 11.4 Å². The predicted molar refractivity (Wildman–Crippen MR) is 95.6 cm³/mol. The molecule has 2 aromatic heterocycles. The van der Waals surface area contributed by atoms with Gasteiger partial charge in [0.1, 0.15) is 11.3 Å². The Morgan fingerprint density at radius 1 is 1.25 bits per heavy atom. The van der Waals surface area contributed by atoms with Gasteiger partial charge in [-0.25, -0.2) is 9.97 Å². The van der Waals surface area contributed by atoms with Crippen LogP contribution in [0.3, 0.4) is 0 Å². The summed E-state index contributed by atoms with van der Waals surface area (Å²) in [5, 5.41) is 6.17. The van der Waals surface area contributed by atoms with Crippen LogP contribution in [0.4, 0.5) is 11.5 Å². The highest BCUT2D eigenvalue weighted by Crippen LogP contribution is 2.20. The Kier molecular flexibility index (Phi) is 3.97. The van der Waals surface area contributed by atoms with Crippen LogP contribution in [0.15, 0.2) is 36.7 Å². The summed E-state index contributed by atoms with van der Waals surface area (Å²) in [5.74, 6) is 0.424. The maximum absolute atomic E-state index is 12.4. The lowest BCUT2D eigenvalue weighted by atomic mass is 10.1. The third kappa shape index (κ3) is 3.53. The first kappa shape index (κ1) is 16.0. The zero-order valence-corrected chi connectivity index (χ0v) is 14.3. The minimum atomic E-state index is -0.314. The van der Waals surface area contributed by atoms with Crippen molar-refractivity contribution in [2.45, 2.75) is 33.2 Å². The first-order valence-electron chi connectivity index (χ1n) is 7.82. The van der Waals surface area contributed by atoms with Crippen molar-refractivity contribution in [3.05, 3.63) is 47.8 Å². The molecule has 3 rings (SSSR count). The minimum absolute atomic E-state index is 0.171. The molecule has 0 aliphatic rings. The molecular weight excluding hydrogens is 302 g/mol. The summed E-state index contributed by atoms with van der Waals surface area (Å²) in [7, 11) is 0. The van der Waals surface area contributed by atoms with Gasteiger partial charge in [-0.3, -0.25) is 4.79 Å². The highest BCUT2D eigenvalue weighted by Gasteiger charge is 2.19. The second-order valence-corrected chi connectivity index (χ2v) is 6.85. The van der Waals surface area contributed by atoms with Crippen LogP contribution in [0, 0.1) is 6.92 Å². The van der Waals surface area contributed by atoms with E-state index in [2.05, 4.69) is 25.6 Å². The van der Waals surface area contributed by atoms with Crippen molar-refractivity contribution >= 4 is 28.6 Å². The van der Waals surface area contributed by atoms with Gasteiger partial charge in [0.15, 0.2) is 5.65 Å². The van der Waals surface area contributed by atoms with Crippen LogP contribution in [0.25, 0.3) is 11.2 Å². The number of anilines is 2. The van der Waals surface area contributed by atoms with Crippen LogP contribution in [-0.4, -0.2) is 26.4 Å². The fourth-order valence-electron chi connectivity index (χ4n) is 2.40. The molecule has 3 N–H and O–H groups in total. The number of carbonyl (C=O) groups is 1. The number of benzene rings is 1. The van der Waals surface area contributed by atoms with Crippen LogP contribution < -0.4 is 10.6 Å². The molecule has 0 fully saturated rings. The van der Waals surface area contributed by atoms with E-state index in [1.807, 2.05) is 52.0 Å². The highest BCUT2D eigenvalue weighted by molar-refractivity contribution is 6.04. The van der Waals surface area contributed by atoms with E-state index in [1.54, 1.807) is 12.4 Å². The van der Waals surface area contributed by atoms with Gasteiger partial charge in [-0.15, -0.1) is 0 Å². The molecule has 2 heterocycles. The number of hydrogen-bond donors (Lipinski definition) is 3. The van der Waals surface area contributed by atoms with Gasteiger partial charge in [-0.2, -0.15) is 0 Å². The Morgan fingerprint density at radius 3 is 2.75 bits per heavy atom. The molecule has 0 saturated heterocycles. The smallest absolute Gasteiger partial charge is 0.255 e. The lowest BCUT2D eigenvalue weighted by Gasteiger charge is -2.20. The van der Waals surface area contributed by atoms with Gasteiger partial charge in [-0.05, 0) is 45.4 Å². The molecule has 0 radical (unpaired) electrons.